The zero-order valence-corrected chi connectivity index (χ0v) is 20.3. The van der Waals surface area contributed by atoms with Crippen LogP contribution >= 0.6 is 0 Å². The van der Waals surface area contributed by atoms with Gasteiger partial charge in [0.25, 0.3) is 0 Å². The van der Waals surface area contributed by atoms with Crippen molar-refractivity contribution >= 4 is 22.2 Å². The first-order valence-corrected chi connectivity index (χ1v) is 15.7. The first-order chi connectivity index (χ1) is 11.3. The van der Waals surface area contributed by atoms with Crippen LogP contribution in [-0.4, -0.2) is 39.5 Å². The highest BCUT2D eigenvalue weighted by Crippen LogP contribution is 2.35. The highest BCUT2D eigenvalue weighted by atomic mass is 28.4. The molecule has 4 heteroatoms. The molecule has 0 aromatic rings. The van der Waals surface area contributed by atoms with E-state index in [-0.39, 0.29) is 0 Å². The lowest BCUT2D eigenvalue weighted by Crippen LogP contribution is -2.66. The molecule has 144 valence electrons. The lowest BCUT2D eigenvalue weighted by Gasteiger charge is -2.52. The Morgan fingerprint density at radius 3 is 1.46 bits per heavy atom. The summed E-state index contributed by atoms with van der Waals surface area (Å²) in [5, 5.41) is 0. The van der Waals surface area contributed by atoms with Gasteiger partial charge in [0.05, 0.1) is 6.54 Å². The molecular weight excluding hydrogens is 324 g/mol. The van der Waals surface area contributed by atoms with Crippen molar-refractivity contribution in [1.29, 1.82) is 0 Å². The van der Waals surface area contributed by atoms with E-state index in [0.717, 1.165) is 18.9 Å². The molecule has 0 heterocycles. The van der Waals surface area contributed by atoms with E-state index in [9.17, 15) is 0 Å². The van der Waals surface area contributed by atoms with E-state index in [4.69, 9.17) is 4.99 Å². The van der Waals surface area contributed by atoms with Crippen LogP contribution in [0, 0.1) is 5.92 Å². The molecule has 0 aromatic carbocycles. The van der Waals surface area contributed by atoms with Crippen LogP contribution in [0.4, 0.5) is 0 Å². The summed E-state index contributed by atoms with van der Waals surface area (Å²) in [4.78, 5) is 4.96. The second kappa shape index (κ2) is 11.6. The molecule has 0 aliphatic rings. The van der Waals surface area contributed by atoms with Gasteiger partial charge in [-0.05, 0) is 55.5 Å². The van der Waals surface area contributed by atoms with Crippen LogP contribution in [-0.2, 0) is 0 Å². The van der Waals surface area contributed by atoms with Crippen molar-refractivity contribution in [3.05, 3.63) is 0 Å². The molecule has 0 fully saturated rings. The predicted molar refractivity (Wildman–Crippen MR) is 119 cm³/mol. The van der Waals surface area contributed by atoms with Gasteiger partial charge in [-0.1, -0.05) is 55.4 Å². The Bertz CT molecular complexity index is 322. The van der Waals surface area contributed by atoms with Crippen LogP contribution in [0.1, 0.15) is 68.7 Å². The summed E-state index contributed by atoms with van der Waals surface area (Å²) < 4.78 is 3.14. The van der Waals surface area contributed by atoms with Gasteiger partial charge in [0.1, 0.15) is 16.5 Å². The molecule has 0 aliphatic heterocycles. The summed E-state index contributed by atoms with van der Waals surface area (Å²) in [5.41, 5.74) is 1.35. The highest BCUT2D eigenvalue weighted by Gasteiger charge is 2.45. The van der Waals surface area contributed by atoms with E-state index in [0.29, 0.717) is 0 Å². The van der Waals surface area contributed by atoms with Gasteiger partial charge in [-0.2, -0.15) is 0 Å². The lowest BCUT2D eigenvalue weighted by atomic mass is 10.1. The first-order valence-electron chi connectivity index (χ1n) is 10.6. The average Bonchev–Trinajstić information content (AvgIpc) is 2.57. The molecule has 0 saturated heterocycles. The van der Waals surface area contributed by atoms with Crippen molar-refractivity contribution in [3.63, 3.8) is 0 Å². The van der Waals surface area contributed by atoms with E-state index < -0.39 is 16.5 Å². The molecule has 0 atom stereocenters. The molecule has 0 unspecified atom stereocenters. The molecule has 24 heavy (non-hydrogen) atoms. The molecule has 0 bridgehead atoms. The van der Waals surface area contributed by atoms with E-state index >= 15 is 0 Å². The number of hydrogen-bond acceptors (Lipinski definition) is 2. The van der Waals surface area contributed by atoms with Gasteiger partial charge < -0.3 is 4.23 Å². The molecule has 0 amide bonds. The summed E-state index contributed by atoms with van der Waals surface area (Å²) in [6.45, 7) is 23.8. The van der Waals surface area contributed by atoms with Crippen LogP contribution in [0.25, 0.3) is 0 Å². The third-order valence-electron chi connectivity index (χ3n) is 6.50. The zero-order valence-electron chi connectivity index (χ0n) is 18.3. The van der Waals surface area contributed by atoms with Crippen molar-refractivity contribution in [2.45, 2.75) is 105 Å². The number of rotatable bonds is 13. The van der Waals surface area contributed by atoms with Crippen LogP contribution in [0.2, 0.25) is 36.3 Å². The molecule has 0 N–H and O–H groups in total. The molecule has 0 aromatic heterocycles. The molecule has 0 spiro atoms. The largest absolute Gasteiger partial charge is 0.343 e. The monoisotopic (exact) mass is 370 g/mol. The Kier molecular flexibility index (Phi) is 11.7. The second-order valence-electron chi connectivity index (χ2n) is 7.94. The summed E-state index contributed by atoms with van der Waals surface area (Å²) in [6.07, 6.45) is 1.15. The Hall–Kier alpha value is 0.0638. The quantitative estimate of drug-likeness (QED) is 0.257. The maximum absolute atomic E-state index is 4.96. The smallest absolute Gasteiger partial charge is 0.121 e. The fourth-order valence-electron chi connectivity index (χ4n) is 4.62. The molecule has 2 nitrogen and oxygen atoms in total. The van der Waals surface area contributed by atoms with E-state index in [1.165, 1.54) is 48.5 Å². The second-order valence-corrected chi connectivity index (χ2v) is 18.6. The number of nitrogens with zero attached hydrogens (tertiary/aromatic N) is 2. The number of hydrogen-bond donors (Lipinski definition) is 0. The van der Waals surface area contributed by atoms with Gasteiger partial charge in [0.2, 0.25) is 0 Å². The maximum atomic E-state index is 4.96. The van der Waals surface area contributed by atoms with E-state index in [2.05, 4.69) is 66.5 Å². The fourth-order valence-corrected chi connectivity index (χ4v) is 17.9. The molecular formula is C20H46N2Si2. The van der Waals surface area contributed by atoms with Gasteiger partial charge in [0, 0.05) is 12.3 Å². The molecule has 0 saturated carbocycles. The first kappa shape index (κ1) is 24.1. The van der Waals surface area contributed by atoms with Crippen molar-refractivity contribution in [1.82, 2.24) is 4.23 Å². The summed E-state index contributed by atoms with van der Waals surface area (Å²) in [6, 6.07) is 8.44. The normalized spacial score (nSPS) is 14.0. The summed E-state index contributed by atoms with van der Waals surface area (Å²) in [7, 11) is -2.65. The predicted octanol–water partition coefficient (Wildman–Crippen LogP) is 6.81. The maximum Gasteiger partial charge on any atom is 0.121 e. The third-order valence-corrected chi connectivity index (χ3v) is 20.0. The third kappa shape index (κ3) is 6.10. The topological polar surface area (TPSA) is 15.6 Å². The molecule has 0 rings (SSSR count). The van der Waals surface area contributed by atoms with Gasteiger partial charge in [-0.25, -0.2) is 0 Å². The van der Waals surface area contributed by atoms with Crippen LogP contribution in [0.5, 0.6) is 0 Å². The van der Waals surface area contributed by atoms with Crippen LogP contribution < -0.4 is 0 Å². The standard InChI is InChI=1S/C20H46N2Si2/c1-10-23(11-2,12-3)22(24(13-4,14-5)15-6)17-16-21-20(9)18-19(7)8/h19H,10-18H2,1-9H3. The minimum absolute atomic E-state index is 0.718. The van der Waals surface area contributed by atoms with Crippen molar-refractivity contribution in [2.24, 2.45) is 10.9 Å². The van der Waals surface area contributed by atoms with Crippen molar-refractivity contribution in [3.8, 4) is 0 Å². The van der Waals surface area contributed by atoms with Gasteiger partial charge in [0.15, 0.2) is 0 Å². The molecule has 0 aliphatic carbocycles. The number of aliphatic imine (C=N–C) groups is 1. The fraction of sp³-hybridized carbons (Fsp3) is 0.950. The van der Waals surface area contributed by atoms with Crippen LogP contribution in [0.15, 0.2) is 4.99 Å². The van der Waals surface area contributed by atoms with Gasteiger partial charge in [-0.15, -0.1) is 0 Å². The van der Waals surface area contributed by atoms with Gasteiger partial charge in [-0.3, -0.25) is 4.99 Å². The summed E-state index contributed by atoms with van der Waals surface area (Å²) in [5.74, 6) is 0.718. The highest BCUT2D eigenvalue weighted by molar-refractivity contribution is 6.92. The Morgan fingerprint density at radius 1 is 0.792 bits per heavy atom. The Morgan fingerprint density at radius 2 is 1.17 bits per heavy atom. The van der Waals surface area contributed by atoms with Crippen molar-refractivity contribution < 1.29 is 0 Å². The minimum Gasteiger partial charge on any atom is -0.343 e. The zero-order chi connectivity index (χ0) is 18.8. The molecule has 0 radical (unpaired) electrons. The Labute approximate surface area is 155 Å². The van der Waals surface area contributed by atoms with Crippen LogP contribution in [0.3, 0.4) is 0 Å². The minimum atomic E-state index is -1.32. The van der Waals surface area contributed by atoms with Crippen molar-refractivity contribution in [2.75, 3.05) is 13.1 Å². The Balaban J connectivity index is 5.49. The SMILES string of the molecule is CC[Si](CC)(CC)N(CCN=C(C)CC(C)C)[Si](CC)(CC)CC. The van der Waals surface area contributed by atoms with Gasteiger partial charge >= 0.3 is 0 Å². The lowest BCUT2D eigenvalue weighted by molar-refractivity contribution is 0.581. The summed E-state index contributed by atoms with van der Waals surface area (Å²) >= 11 is 0. The van der Waals surface area contributed by atoms with E-state index in [1.54, 1.807) is 0 Å². The van der Waals surface area contributed by atoms with E-state index in [1.807, 2.05) is 0 Å². The average molecular weight is 371 g/mol.